The Kier molecular flexibility index (Phi) is 8.73. The summed E-state index contributed by atoms with van der Waals surface area (Å²) in [7, 11) is 0. The topological polar surface area (TPSA) is 83.2 Å². The fourth-order valence-corrected chi connectivity index (χ4v) is 2.12. The lowest BCUT2D eigenvalue weighted by molar-refractivity contribution is 0.464. The highest BCUT2D eigenvalue weighted by Crippen LogP contribution is 2.27. The molecule has 0 aliphatic carbocycles. The first-order valence-corrected chi connectivity index (χ1v) is 6.75. The van der Waals surface area contributed by atoms with Gasteiger partial charge in [0.15, 0.2) is 0 Å². The summed E-state index contributed by atoms with van der Waals surface area (Å²) in [6.45, 7) is 7.47. The van der Waals surface area contributed by atoms with Crippen LogP contribution in [0.15, 0.2) is 41.2 Å². The van der Waals surface area contributed by atoms with E-state index in [1.54, 1.807) is 6.20 Å². The number of piperidine rings is 1. The van der Waals surface area contributed by atoms with Gasteiger partial charge in [0.05, 0.1) is 17.7 Å². The molecular weight excluding hydrogens is 248 g/mol. The van der Waals surface area contributed by atoms with E-state index < -0.39 is 0 Å². The van der Waals surface area contributed by atoms with Crippen molar-refractivity contribution in [2.75, 3.05) is 0 Å². The Bertz CT molecular complexity index is 468. The van der Waals surface area contributed by atoms with E-state index >= 15 is 0 Å². The average Bonchev–Trinajstić information content (AvgIpc) is 2.50. The van der Waals surface area contributed by atoms with E-state index in [0.29, 0.717) is 11.6 Å². The third kappa shape index (κ3) is 4.87. The van der Waals surface area contributed by atoms with Gasteiger partial charge in [-0.1, -0.05) is 26.0 Å². The number of benzene rings is 1. The van der Waals surface area contributed by atoms with Gasteiger partial charge in [0, 0.05) is 11.9 Å². The Hall–Kier alpha value is -2.12. The first-order valence-electron chi connectivity index (χ1n) is 6.75. The summed E-state index contributed by atoms with van der Waals surface area (Å²) < 4.78 is 0. The summed E-state index contributed by atoms with van der Waals surface area (Å²) in [5.41, 5.74) is 3.06. The quantitative estimate of drug-likeness (QED) is 0.795. The van der Waals surface area contributed by atoms with Crippen LogP contribution in [0.5, 0.6) is 0 Å². The Morgan fingerprint density at radius 1 is 1.35 bits per heavy atom. The summed E-state index contributed by atoms with van der Waals surface area (Å²) in [5.74, 6) is 0. The predicted octanol–water partition coefficient (Wildman–Crippen LogP) is 4.10. The Labute approximate surface area is 121 Å². The highest BCUT2D eigenvalue weighted by Gasteiger charge is 2.17. The van der Waals surface area contributed by atoms with Crippen LogP contribution in [0.2, 0.25) is 0 Å². The van der Waals surface area contributed by atoms with Crippen LogP contribution in [0.4, 0.5) is 0 Å². The molecule has 20 heavy (non-hydrogen) atoms. The monoisotopic (exact) mass is 272 g/mol. The number of aliphatic imine (C=N–C) groups is 1. The number of allylic oxidation sites excluding steroid dienone is 1. The first kappa shape index (κ1) is 17.9. The maximum Gasteiger partial charge on any atom is 0.0991 e. The van der Waals surface area contributed by atoms with Crippen molar-refractivity contribution in [2.45, 2.75) is 39.2 Å². The molecule has 1 aromatic carbocycles. The van der Waals surface area contributed by atoms with Crippen molar-refractivity contribution in [2.24, 2.45) is 4.99 Å². The van der Waals surface area contributed by atoms with E-state index in [2.05, 4.69) is 23.1 Å². The number of nitrogens with zero attached hydrogens (tertiary/aromatic N) is 2. The van der Waals surface area contributed by atoms with Crippen molar-refractivity contribution in [3.8, 4) is 6.07 Å². The second kappa shape index (κ2) is 9.76. The minimum Gasteiger partial charge on any atom is -0.380 e. The van der Waals surface area contributed by atoms with Crippen LogP contribution in [0, 0.1) is 11.3 Å². The molecule has 0 aromatic heterocycles. The largest absolute Gasteiger partial charge is 0.380 e. The van der Waals surface area contributed by atoms with E-state index in [0.717, 1.165) is 25.0 Å². The molecule has 0 spiro atoms. The standard InChI is InChI=1S/C14H15N3.C2H6.H3N/c1-16-10-13-3-2-4-14(17-13)12-7-5-11(9-15)6-8-12;1-2;/h5-8,10,14,17H,1-4H2;1-2H3;1H3/b13-10-;;. The average molecular weight is 272 g/mol. The van der Waals surface area contributed by atoms with Gasteiger partial charge in [-0.2, -0.15) is 5.26 Å². The molecule has 0 saturated carbocycles. The summed E-state index contributed by atoms with van der Waals surface area (Å²) in [5, 5.41) is 12.2. The van der Waals surface area contributed by atoms with Crippen LogP contribution < -0.4 is 11.5 Å². The fraction of sp³-hybridized carbons (Fsp3) is 0.375. The van der Waals surface area contributed by atoms with E-state index in [9.17, 15) is 0 Å². The zero-order chi connectivity index (χ0) is 14.1. The SMILES string of the molecule is C=N/C=C1/CCCC(c2ccc(C#N)cc2)N1.CC.N. The van der Waals surface area contributed by atoms with Crippen LogP contribution >= 0.6 is 0 Å². The smallest absolute Gasteiger partial charge is 0.0991 e. The Balaban J connectivity index is 0.00000115. The molecule has 4 heteroatoms. The van der Waals surface area contributed by atoms with E-state index in [1.165, 1.54) is 5.56 Å². The lowest BCUT2D eigenvalue weighted by atomic mass is 9.95. The molecule has 2 rings (SSSR count). The van der Waals surface area contributed by atoms with Gasteiger partial charge in [-0.15, -0.1) is 0 Å². The van der Waals surface area contributed by atoms with Crippen LogP contribution in [0.25, 0.3) is 0 Å². The van der Waals surface area contributed by atoms with E-state index in [4.69, 9.17) is 5.26 Å². The van der Waals surface area contributed by atoms with Gasteiger partial charge < -0.3 is 11.5 Å². The summed E-state index contributed by atoms with van der Waals surface area (Å²) in [6.07, 6.45) is 5.08. The van der Waals surface area contributed by atoms with Gasteiger partial charge in [0.25, 0.3) is 0 Å². The molecule has 1 aromatic rings. The molecule has 108 valence electrons. The number of nitriles is 1. The lowest BCUT2D eigenvalue weighted by Gasteiger charge is -2.27. The highest BCUT2D eigenvalue weighted by atomic mass is 14.9. The number of rotatable bonds is 2. The molecule has 1 aliphatic heterocycles. The van der Waals surface area contributed by atoms with Crippen molar-refractivity contribution in [3.63, 3.8) is 0 Å². The maximum absolute atomic E-state index is 8.76. The first-order chi connectivity index (χ1) is 9.33. The Morgan fingerprint density at radius 2 is 2.00 bits per heavy atom. The Morgan fingerprint density at radius 3 is 2.55 bits per heavy atom. The third-order valence-electron chi connectivity index (χ3n) is 2.99. The van der Waals surface area contributed by atoms with Gasteiger partial charge in [-0.05, 0) is 43.7 Å². The third-order valence-corrected chi connectivity index (χ3v) is 2.99. The molecule has 1 heterocycles. The predicted molar refractivity (Wildman–Crippen MR) is 84.9 cm³/mol. The zero-order valence-corrected chi connectivity index (χ0v) is 12.4. The lowest BCUT2D eigenvalue weighted by Crippen LogP contribution is -2.25. The molecule has 0 radical (unpaired) electrons. The molecule has 1 saturated heterocycles. The zero-order valence-electron chi connectivity index (χ0n) is 12.4. The van der Waals surface area contributed by atoms with Crippen LogP contribution in [-0.4, -0.2) is 6.72 Å². The molecule has 1 aliphatic rings. The van der Waals surface area contributed by atoms with Gasteiger partial charge in [-0.3, -0.25) is 4.99 Å². The maximum atomic E-state index is 8.76. The van der Waals surface area contributed by atoms with Crippen molar-refractivity contribution in [3.05, 3.63) is 47.3 Å². The van der Waals surface area contributed by atoms with Gasteiger partial charge >= 0.3 is 0 Å². The summed E-state index contributed by atoms with van der Waals surface area (Å²) >= 11 is 0. The molecule has 4 nitrogen and oxygen atoms in total. The molecular formula is C16H24N4. The molecule has 0 amide bonds. The van der Waals surface area contributed by atoms with Crippen LogP contribution in [0.3, 0.4) is 0 Å². The molecule has 1 fully saturated rings. The molecule has 4 N–H and O–H groups in total. The number of nitrogens with one attached hydrogen (secondary N) is 1. The van der Waals surface area contributed by atoms with E-state index in [1.807, 2.05) is 38.1 Å². The van der Waals surface area contributed by atoms with Gasteiger partial charge in [-0.25, -0.2) is 0 Å². The molecule has 0 bridgehead atoms. The highest BCUT2D eigenvalue weighted by molar-refractivity contribution is 5.33. The number of hydrogen-bond donors (Lipinski definition) is 2. The van der Waals surface area contributed by atoms with Crippen molar-refractivity contribution < 1.29 is 0 Å². The second-order valence-electron chi connectivity index (χ2n) is 4.16. The minimum absolute atomic E-state index is 0. The van der Waals surface area contributed by atoms with Crippen LogP contribution in [-0.2, 0) is 0 Å². The molecule has 1 unspecified atom stereocenters. The summed E-state index contributed by atoms with van der Waals surface area (Å²) in [4.78, 5) is 3.80. The van der Waals surface area contributed by atoms with Crippen molar-refractivity contribution >= 4 is 6.72 Å². The number of hydrogen-bond acceptors (Lipinski definition) is 4. The fourth-order valence-electron chi connectivity index (χ4n) is 2.12. The van der Waals surface area contributed by atoms with Crippen molar-refractivity contribution in [1.82, 2.24) is 11.5 Å². The van der Waals surface area contributed by atoms with E-state index in [-0.39, 0.29) is 6.15 Å². The second-order valence-corrected chi connectivity index (χ2v) is 4.16. The van der Waals surface area contributed by atoms with Crippen molar-refractivity contribution in [1.29, 1.82) is 5.26 Å². The summed E-state index contributed by atoms with van der Waals surface area (Å²) in [6, 6.07) is 10.2. The van der Waals surface area contributed by atoms with Crippen LogP contribution in [0.1, 0.15) is 50.3 Å². The van der Waals surface area contributed by atoms with Gasteiger partial charge in [0.1, 0.15) is 0 Å². The van der Waals surface area contributed by atoms with Gasteiger partial charge in [0.2, 0.25) is 0 Å². The minimum atomic E-state index is 0. The normalized spacial score (nSPS) is 18.6. The molecule has 1 atom stereocenters.